The Balaban J connectivity index is 2.15. The molecule has 6 heteroatoms. The predicted octanol–water partition coefficient (Wildman–Crippen LogP) is 0.790. The number of rotatable bonds is 2. The molecule has 1 N–H and O–H groups in total. The van der Waals surface area contributed by atoms with Crippen LogP contribution in [0.5, 0.6) is 0 Å². The van der Waals surface area contributed by atoms with Crippen molar-refractivity contribution >= 4 is 9.84 Å². The largest absolute Gasteiger partial charge is 0.384 e. The minimum atomic E-state index is -2.94. The van der Waals surface area contributed by atoms with E-state index in [9.17, 15) is 12.8 Å². The molecule has 0 atom stereocenters. The predicted molar refractivity (Wildman–Crippen MR) is 78.9 cm³/mol. The van der Waals surface area contributed by atoms with Gasteiger partial charge in [-0.15, -0.1) is 0 Å². The van der Waals surface area contributed by atoms with Gasteiger partial charge in [0.2, 0.25) is 0 Å². The Morgan fingerprint density at radius 3 is 2.86 bits per heavy atom. The van der Waals surface area contributed by atoms with E-state index in [0.717, 1.165) is 5.56 Å². The van der Waals surface area contributed by atoms with Gasteiger partial charge < -0.3 is 5.11 Å². The number of aliphatic hydroxyl groups is 1. The van der Waals surface area contributed by atoms with Gasteiger partial charge in [-0.2, -0.15) is 0 Å². The molecule has 1 fully saturated rings. The molecular weight excluding hydrogens is 293 g/mol. The number of hydrogen-bond donors (Lipinski definition) is 1. The van der Waals surface area contributed by atoms with Crippen molar-refractivity contribution in [3.05, 3.63) is 35.1 Å². The number of halogens is 1. The number of nitrogens with zero attached hydrogens (tertiary/aromatic N) is 1. The summed E-state index contributed by atoms with van der Waals surface area (Å²) >= 11 is 0. The lowest BCUT2D eigenvalue weighted by Crippen LogP contribution is -2.27. The molecule has 1 aliphatic heterocycles. The molecule has 0 bridgehead atoms. The molecule has 1 aromatic carbocycles. The van der Waals surface area contributed by atoms with Crippen LogP contribution in [0.2, 0.25) is 0 Å². The highest BCUT2D eigenvalue weighted by Crippen LogP contribution is 2.15. The zero-order chi connectivity index (χ0) is 15.3. The van der Waals surface area contributed by atoms with E-state index in [2.05, 4.69) is 11.8 Å². The summed E-state index contributed by atoms with van der Waals surface area (Å²) < 4.78 is 36.5. The van der Waals surface area contributed by atoms with Crippen LogP contribution in [0.4, 0.5) is 4.39 Å². The summed E-state index contributed by atoms with van der Waals surface area (Å²) in [7, 11) is -2.94. The van der Waals surface area contributed by atoms with Crippen LogP contribution in [0.3, 0.4) is 0 Å². The second kappa shape index (κ2) is 7.03. The van der Waals surface area contributed by atoms with E-state index in [-0.39, 0.29) is 23.9 Å². The molecule has 2 rings (SSSR count). The van der Waals surface area contributed by atoms with Crippen molar-refractivity contribution in [1.29, 1.82) is 0 Å². The molecule has 21 heavy (non-hydrogen) atoms. The van der Waals surface area contributed by atoms with Crippen LogP contribution < -0.4 is 0 Å². The molecule has 114 valence electrons. The van der Waals surface area contributed by atoms with Gasteiger partial charge in [-0.1, -0.05) is 17.9 Å². The van der Waals surface area contributed by atoms with Crippen LogP contribution >= 0.6 is 0 Å². The van der Waals surface area contributed by atoms with Crippen molar-refractivity contribution in [2.24, 2.45) is 0 Å². The lowest BCUT2D eigenvalue weighted by Gasteiger charge is -2.20. The fourth-order valence-corrected chi connectivity index (χ4v) is 3.64. The Labute approximate surface area is 124 Å². The Morgan fingerprint density at radius 2 is 2.10 bits per heavy atom. The fraction of sp³-hybridized carbons (Fsp3) is 0.467. The molecule has 1 aromatic rings. The minimum absolute atomic E-state index is 0.159. The van der Waals surface area contributed by atoms with E-state index in [4.69, 9.17) is 5.11 Å². The second-order valence-electron chi connectivity index (χ2n) is 5.04. The first-order valence-corrected chi connectivity index (χ1v) is 8.63. The summed E-state index contributed by atoms with van der Waals surface area (Å²) in [5.74, 6) is 5.27. The van der Waals surface area contributed by atoms with Gasteiger partial charge in [-0.05, 0) is 30.7 Å². The molecule has 0 aromatic heterocycles. The van der Waals surface area contributed by atoms with Crippen LogP contribution in [-0.2, 0) is 16.4 Å². The number of hydrogen-bond acceptors (Lipinski definition) is 4. The van der Waals surface area contributed by atoms with E-state index in [1.165, 1.54) is 12.1 Å². The average molecular weight is 311 g/mol. The fourth-order valence-electron chi connectivity index (χ4n) is 2.33. The lowest BCUT2D eigenvalue weighted by atomic mass is 10.1. The third-order valence-electron chi connectivity index (χ3n) is 3.42. The molecule has 0 unspecified atom stereocenters. The molecule has 4 nitrogen and oxygen atoms in total. The molecule has 1 aliphatic rings. The standard InChI is InChI=1S/C15H18FNO3S/c16-15-5-4-14(13(11-15)3-1-8-18)12-17-6-2-9-21(19,20)10-7-17/h4-5,11,18H,2,6-10,12H2. The first-order valence-electron chi connectivity index (χ1n) is 6.81. The first kappa shape index (κ1) is 16.0. The van der Waals surface area contributed by atoms with Gasteiger partial charge in [0, 0.05) is 18.7 Å². The maximum absolute atomic E-state index is 13.3. The first-order chi connectivity index (χ1) is 10.00. The van der Waals surface area contributed by atoms with Gasteiger partial charge >= 0.3 is 0 Å². The Morgan fingerprint density at radius 1 is 1.29 bits per heavy atom. The summed E-state index contributed by atoms with van der Waals surface area (Å²) in [6, 6.07) is 4.37. The van der Waals surface area contributed by atoms with E-state index in [0.29, 0.717) is 31.6 Å². The van der Waals surface area contributed by atoms with Crippen LogP contribution in [0.15, 0.2) is 18.2 Å². The summed E-state index contributed by atoms with van der Waals surface area (Å²) in [6.45, 7) is 1.43. The van der Waals surface area contributed by atoms with E-state index < -0.39 is 9.84 Å². The van der Waals surface area contributed by atoms with Crippen molar-refractivity contribution in [2.75, 3.05) is 31.2 Å². The third kappa shape index (κ3) is 4.81. The Kier molecular flexibility index (Phi) is 5.34. The van der Waals surface area contributed by atoms with Gasteiger partial charge in [0.25, 0.3) is 0 Å². The SMILES string of the molecule is O=S1(=O)CCCN(Cc2ccc(F)cc2C#CCO)CC1. The van der Waals surface area contributed by atoms with Gasteiger partial charge in [0.05, 0.1) is 11.5 Å². The normalized spacial score (nSPS) is 18.6. The maximum atomic E-state index is 13.3. The van der Waals surface area contributed by atoms with Crippen LogP contribution in [0.25, 0.3) is 0 Å². The zero-order valence-corrected chi connectivity index (χ0v) is 12.5. The van der Waals surface area contributed by atoms with Crippen molar-refractivity contribution in [2.45, 2.75) is 13.0 Å². The van der Waals surface area contributed by atoms with Crippen LogP contribution in [0, 0.1) is 17.7 Å². The summed E-state index contributed by atoms with van der Waals surface area (Å²) in [5, 5.41) is 8.76. The van der Waals surface area contributed by atoms with E-state index in [1.54, 1.807) is 6.07 Å². The molecule has 1 heterocycles. The smallest absolute Gasteiger partial charge is 0.151 e. The molecule has 0 amide bonds. The molecule has 1 saturated heterocycles. The second-order valence-corrected chi connectivity index (χ2v) is 7.35. The van der Waals surface area contributed by atoms with Crippen LogP contribution in [0.1, 0.15) is 17.5 Å². The Bertz CT molecular complexity index is 661. The highest BCUT2D eigenvalue weighted by Gasteiger charge is 2.19. The zero-order valence-electron chi connectivity index (χ0n) is 11.7. The molecular formula is C15H18FNO3S. The highest BCUT2D eigenvalue weighted by atomic mass is 32.2. The van der Waals surface area contributed by atoms with Gasteiger partial charge in [0.15, 0.2) is 9.84 Å². The molecule has 0 aliphatic carbocycles. The molecule has 0 spiro atoms. The topological polar surface area (TPSA) is 57.6 Å². The van der Waals surface area contributed by atoms with Crippen LogP contribution in [-0.4, -0.2) is 49.6 Å². The van der Waals surface area contributed by atoms with Crippen molar-refractivity contribution in [1.82, 2.24) is 4.90 Å². The third-order valence-corrected chi connectivity index (χ3v) is 5.13. The van der Waals surface area contributed by atoms with Gasteiger partial charge in [0.1, 0.15) is 12.4 Å². The maximum Gasteiger partial charge on any atom is 0.151 e. The lowest BCUT2D eigenvalue weighted by molar-refractivity contribution is 0.287. The van der Waals surface area contributed by atoms with Crippen molar-refractivity contribution in [3.63, 3.8) is 0 Å². The van der Waals surface area contributed by atoms with Gasteiger partial charge in [-0.3, -0.25) is 4.90 Å². The summed E-state index contributed by atoms with van der Waals surface area (Å²) in [6.07, 6.45) is 0.612. The number of aliphatic hydroxyl groups excluding tert-OH is 1. The summed E-state index contributed by atoms with van der Waals surface area (Å²) in [4.78, 5) is 2.04. The monoisotopic (exact) mass is 311 g/mol. The van der Waals surface area contributed by atoms with Crippen molar-refractivity contribution in [3.8, 4) is 11.8 Å². The van der Waals surface area contributed by atoms with E-state index in [1.807, 2.05) is 4.90 Å². The number of benzene rings is 1. The van der Waals surface area contributed by atoms with E-state index >= 15 is 0 Å². The summed E-state index contributed by atoms with van der Waals surface area (Å²) in [5.41, 5.74) is 1.38. The average Bonchev–Trinajstić information content (AvgIpc) is 2.60. The Hall–Kier alpha value is -1.42. The molecule has 0 radical (unpaired) electrons. The number of sulfone groups is 1. The molecule has 0 saturated carbocycles. The highest BCUT2D eigenvalue weighted by molar-refractivity contribution is 7.91. The van der Waals surface area contributed by atoms with Crippen molar-refractivity contribution < 1.29 is 17.9 Å². The quantitative estimate of drug-likeness (QED) is 0.821. The minimum Gasteiger partial charge on any atom is -0.384 e. The van der Waals surface area contributed by atoms with Gasteiger partial charge in [-0.25, -0.2) is 12.8 Å².